The molecule has 1 fully saturated rings. The number of benzene rings is 1. The Labute approximate surface area is 111 Å². The quantitative estimate of drug-likeness (QED) is 0.773. The molecule has 0 radical (unpaired) electrons. The number of anilines is 1. The van der Waals surface area contributed by atoms with Crippen molar-refractivity contribution in [2.45, 2.75) is 37.6 Å². The number of hydrogen-bond donors (Lipinski definition) is 3. The molecule has 0 heterocycles. The first-order chi connectivity index (χ1) is 9.05. The van der Waals surface area contributed by atoms with Gasteiger partial charge in [-0.15, -0.1) is 0 Å². The first kappa shape index (κ1) is 13.4. The van der Waals surface area contributed by atoms with Crippen molar-refractivity contribution in [3.63, 3.8) is 0 Å². The monoisotopic (exact) mass is 262 g/mol. The van der Waals surface area contributed by atoms with E-state index in [4.69, 9.17) is 5.73 Å². The van der Waals surface area contributed by atoms with E-state index in [2.05, 4.69) is 5.32 Å². The minimum atomic E-state index is -0.982. The molecule has 5 heteroatoms. The largest absolute Gasteiger partial charge is 0.480 e. The highest BCUT2D eigenvalue weighted by atomic mass is 16.4. The summed E-state index contributed by atoms with van der Waals surface area (Å²) in [4.78, 5) is 23.0. The number of hydrogen-bond acceptors (Lipinski definition) is 3. The van der Waals surface area contributed by atoms with E-state index in [0.29, 0.717) is 24.1 Å². The van der Waals surface area contributed by atoms with Crippen LogP contribution in [0.4, 0.5) is 5.69 Å². The molecule has 1 aliphatic rings. The van der Waals surface area contributed by atoms with Gasteiger partial charge < -0.3 is 16.2 Å². The van der Waals surface area contributed by atoms with E-state index < -0.39 is 17.4 Å². The van der Waals surface area contributed by atoms with Crippen molar-refractivity contribution in [1.82, 2.24) is 0 Å². The van der Waals surface area contributed by atoms with Gasteiger partial charge in [0.25, 0.3) is 5.91 Å². The number of rotatable bonds is 4. The third kappa shape index (κ3) is 2.70. The molecular formula is C14H18N2O3. The lowest BCUT2D eigenvalue weighted by atomic mass is 9.81. The number of para-hydroxylation sites is 1. The summed E-state index contributed by atoms with van der Waals surface area (Å²) >= 11 is 0. The van der Waals surface area contributed by atoms with E-state index in [1.165, 1.54) is 0 Å². The minimum absolute atomic E-state index is 0.327. The first-order valence-electron chi connectivity index (χ1n) is 6.45. The normalized spacial score (nSPS) is 17.7. The molecule has 19 heavy (non-hydrogen) atoms. The lowest BCUT2D eigenvalue weighted by Crippen LogP contribution is -2.48. The van der Waals surface area contributed by atoms with E-state index in [9.17, 15) is 14.7 Å². The van der Waals surface area contributed by atoms with Crippen LogP contribution in [0.3, 0.4) is 0 Å². The van der Waals surface area contributed by atoms with Gasteiger partial charge in [0.05, 0.1) is 5.56 Å². The second-order valence-corrected chi connectivity index (χ2v) is 4.98. The van der Waals surface area contributed by atoms with Crippen LogP contribution in [0, 0.1) is 0 Å². The lowest BCUT2D eigenvalue weighted by Gasteiger charge is -2.35. The van der Waals surface area contributed by atoms with Crippen molar-refractivity contribution in [3.05, 3.63) is 29.8 Å². The predicted octanol–water partition coefficient (Wildman–Crippen LogP) is 1.98. The molecule has 2 rings (SSSR count). The van der Waals surface area contributed by atoms with Gasteiger partial charge in [-0.2, -0.15) is 0 Å². The number of carbonyl (C=O) groups is 2. The molecule has 0 saturated heterocycles. The number of nitrogens with one attached hydrogen (secondary N) is 1. The van der Waals surface area contributed by atoms with E-state index in [-0.39, 0.29) is 0 Å². The number of aliphatic carboxylic acids is 1. The zero-order valence-electron chi connectivity index (χ0n) is 10.7. The van der Waals surface area contributed by atoms with Gasteiger partial charge in [0.2, 0.25) is 0 Å². The highest BCUT2D eigenvalue weighted by molar-refractivity contribution is 5.99. The first-order valence-corrected chi connectivity index (χ1v) is 6.45. The van der Waals surface area contributed by atoms with Gasteiger partial charge in [-0.25, -0.2) is 4.79 Å². The number of carboxylic acids is 1. The number of primary amides is 1. The molecule has 0 aromatic heterocycles. The Bertz CT molecular complexity index is 493. The van der Waals surface area contributed by atoms with Gasteiger partial charge in [-0.1, -0.05) is 31.4 Å². The Morgan fingerprint density at radius 1 is 1.16 bits per heavy atom. The van der Waals surface area contributed by atoms with Crippen molar-refractivity contribution in [1.29, 1.82) is 0 Å². The van der Waals surface area contributed by atoms with Crippen molar-refractivity contribution >= 4 is 17.6 Å². The molecule has 1 aromatic rings. The smallest absolute Gasteiger partial charge is 0.329 e. The summed E-state index contributed by atoms with van der Waals surface area (Å²) in [6.45, 7) is 0. The Balaban J connectivity index is 2.32. The van der Waals surface area contributed by atoms with Gasteiger partial charge in [-0.3, -0.25) is 4.79 Å². The summed E-state index contributed by atoms with van der Waals surface area (Å²) in [6, 6.07) is 6.76. The summed E-state index contributed by atoms with van der Waals surface area (Å²) in [7, 11) is 0. The number of carboxylic acid groups (broad SMARTS) is 1. The summed E-state index contributed by atoms with van der Waals surface area (Å²) in [5.74, 6) is -1.43. The van der Waals surface area contributed by atoms with Crippen molar-refractivity contribution in [2.24, 2.45) is 5.73 Å². The molecule has 0 aliphatic heterocycles. The number of nitrogens with two attached hydrogens (primary N) is 1. The summed E-state index contributed by atoms with van der Waals surface area (Å²) in [5, 5.41) is 12.5. The van der Waals surface area contributed by atoms with Crippen molar-refractivity contribution < 1.29 is 14.7 Å². The molecule has 0 unspecified atom stereocenters. The van der Waals surface area contributed by atoms with Crippen molar-refractivity contribution in [2.75, 3.05) is 5.32 Å². The van der Waals surface area contributed by atoms with E-state index >= 15 is 0 Å². The maximum Gasteiger partial charge on any atom is 0.329 e. The van der Waals surface area contributed by atoms with E-state index in [1.807, 2.05) is 0 Å². The summed E-state index contributed by atoms with van der Waals surface area (Å²) in [6.07, 6.45) is 3.93. The average molecular weight is 262 g/mol. The van der Waals surface area contributed by atoms with Crippen LogP contribution in [0.5, 0.6) is 0 Å². The molecule has 1 saturated carbocycles. The average Bonchev–Trinajstić information content (AvgIpc) is 2.40. The summed E-state index contributed by atoms with van der Waals surface area (Å²) in [5.41, 5.74) is 5.16. The second-order valence-electron chi connectivity index (χ2n) is 4.98. The molecule has 0 bridgehead atoms. The van der Waals surface area contributed by atoms with Gasteiger partial charge >= 0.3 is 5.97 Å². The van der Waals surface area contributed by atoms with Crippen LogP contribution in [0.25, 0.3) is 0 Å². The van der Waals surface area contributed by atoms with Gasteiger partial charge in [0, 0.05) is 5.69 Å². The molecule has 0 spiro atoms. The van der Waals surface area contributed by atoms with E-state index in [0.717, 1.165) is 19.3 Å². The van der Waals surface area contributed by atoms with Crippen LogP contribution in [-0.2, 0) is 4.79 Å². The Hall–Kier alpha value is -2.04. The van der Waals surface area contributed by atoms with Crippen molar-refractivity contribution in [3.8, 4) is 0 Å². The molecule has 0 atom stereocenters. The SMILES string of the molecule is NC(=O)c1ccccc1NC1(C(=O)O)CCCCC1. The minimum Gasteiger partial charge on any atom is -0.480 e. The predicted molar refractivity (Wildman–Crippen MR) is 72.0 cm³/mol. The zero-order chi connectivity index (χ0) is 13.9. The summed E-state index contributed by atoms with van der Waals surface area (Å²) < 4.78 is 0. The van der Waals surface area contributed by atoms with Crippen LogP contribution in [0.1, 0.15) is 42.5 Å². The Kier molecular flexibility index (Phi) is 3.74. The second kappa shape index (κ2) is 5.30. The van der Waals surface area contributed by atoms with Gasteiger partial charge in [-0.05, 0) is 25.0 Å². The fourth-order valence-corrected chi connectivity index (χ4v) is 2.61. The van der Waals surface area contributed by atoms with Gasteiger partial charge in [0.1, 0.15) is 5.54 Å². The standard InChI is InChI=1S/C14H18N2O3/c15-12(17)10-6-2-3-7-11(10)16-14(13(18)19)8-4-1-5-9-14/h2-3,6-7,16H,1,4-5,8-9H2,(H2,15,17)(H,18,19). The van der Waals surface area contributed by atoms with Crippen LogP contribution in [0.15, 0.2) is 24.3 Å². The van der Waals surface area contributed by atoms with Crippen LogP contribution in [0.2, 0.25) is 0 Å². The highest BCUT2D eigenvalue weighted by Gasteiger charge is 2.40. The Morgan fingerprint density at radius 2 is 1.79 bits per heavy atom. The maximum absolute atomic E-state index is 11.6. The third-order valence-corrected chi connectivity index (χ3v) is 3.68. The molecule has 1 aliphatic carbocycles. The molecule has 1 aromatic carbocycles. The van der Waals surface area contributed by atoms with Crippen LogP contribution < -0.4 is 11.1 Å². The van der Waals surface area contributed by atoms with E-state index in [1.54, 1.807) is 24.3 Å². The van der Waals surface area contributed by atoms with Gasteiger partial charge in [0.15, 0.2) is 0 Å². The molecule has 102 valence electrons. The third-order valence-electron chi connectivity index (χ3n) is 3.68. The fraction of sp³-hybridized carbons (Fsp3) is 0.429. The van der Waals surface area contributed by atoms with Crippen LogP contribution in [-0.4, -0.2) is 22.5 Å². The maximum atomic E-state index is 11.6. The Morgan fingerprint density at radius 3 is 2.37 bits per heavy atom. The fourth-order valence-electron chi connectivity index (χ4n) is 2.61. The molecule has 5 nitrogen and oxygen atoms in total. The zero-order valence-corrected chi connectivity index (χ0v) is 10.7. The van der Waals surface area contributed by atoms with Crippen LogP contribution >= 0.6 is 0 Å². The highest BCUT2D eigenvalue weighted by Crippen LogP contribution is 2.33. The molecular weight excluding hydrogens is 244 g/mol. The molecule has 4 N–H and O–H groups in total. The number of amides is 1. The molecule has 1 amide bonds. The number of carbonyl (C=O) groups excluding carboxylic acids is 1. The topological polar surface area (TPSA) is 92.4 Å². The lowest BCUT2D eigenvalue weighted by molar-refractivity contribution is -0.143.